The number of thioether (sulfide) groups is 1. The first-order valence-corrected chi connectivity index (χ1v) is 6.52. The Labute approximate surface area is 118 Å². The van der Waals surface area contributed by atoms with Crippen molar-refractivity contribution >= 4 is 34.6 Å². The van der Waals surface area contributed by atoms with Gasteiger partial charge >= 0.3 is 0 Å². The van der Waals surface area contributed by atoms with Gasteiger partial charge in [-0.25, -0.2) is 0 Å². The lowest BCUT2D eigenvalue weighted by Crippen LogP contribution is -2.20. The zero-order chi connectivity index (χ0) is 14.5. The topological polar surface area (TPSA) is 105 Å². The van der Waals surface area contributed by atoms with Gasteiger partial charge in [0.05, 0.1) is 23.0 Å². The van der Waals surface area contributed by atoms with Crippen molar-refractivity contribution < 1.29 is 14.8 Å². The second kappa shape index (κ2) is 6.31. The van der Waals surface area contributed by atoms with Gasteiger partial charge in [-0.3, -0.25) is 19.9 Å². The molecule has 0 aliphatic carbocycles. The van der Waals surface area contributed by atoms with E-state index in [0.29, 0.717) is 15.6 Å². The van der Waals surface area contributed by atoms with Crippen LogP contribution in [-0.4, -0.2) is 34.3 Å². The molecule has 0 spiro atoms. The van der Waals surface area contributed by atoms with Gasteiger partial charge in [-0.1, -0.05) is 0 Å². The first-order chi connectivity index (χ1) is 9.60. The van der Waals surface area contributed by atoms with Crippen LogP contribution in [0.2, 0.25) is 0 Å². The summed E-state index contributed by atoms with van der Waals surface area (Å²) in [6, 6.07) is 5.90. The van der Waals surface area contributed by atoms with Crippen LogP contribution < -0.4 is 5.32 Å². The number of aliphatic hydroxyl groups is 1. The Morgan fingerprint density at radius 2 is 2.10 bits per heavy atom. The third kappa shape index (κ3) is 3.43. The van der Waals surface area contributed by atoms with Crippen molar-refractivity contribution in [1.29, 1.82) is 0 Å². The molecule has 0 bridgehead atoms. The zero-order valence-electron chi connectivity index (χ0n) is 10.3. The average molecular weight is 293 g/mol. The number of aliphatic imine (C=N–C) groups is 1. The van der Waals surface area contributed by atoms with E-state index in [9.17, 15) is 14.9 Å². The molecule has 1 heterocycles. The Morgan fingerprint density at radius 3 is 2.70 bits per heavy atom. The minimum Gasteiger partial charge on any atom is -0.394 e. The van der Waals surface area contributed by atoms with Crippen molar-refractivity contribution in [3.63, 3.8) is 0 Å². The quantitative estimate of drug-likeness (QED) is 0.492. The van der Waals surface area contributed by atoms with Crippen LogP contribution in [0.25, 0.3) is 6.08 Å². The van der Waals surface area contributed by atoms with E-state index in [0.717, 1.165) is 0 Å². The van der Waals surface area contributed by atoms with E-state index in [2.05, 4.69) is 10.3 Å². The fraction of sp³-hybridized carbons (Fsp3) is 0.167. The lowest BCUT2D eigenvalue weighted by atomic mass is 10.2. The molecule has 2 N–H and O–H groups in total. The second-order valence-corrected chi connectivity index (χ2v) is 4.85. The monoisotopic (exact) mass is 293 g/mol. The van der Waals surface area contributed by atoms with Crippen molar-refractivity contribution in [2.45, 2.75) is 0 Å². The molecule has 1 aromatic carbocycles. The van der Waals surface area contributed by atoms with Gasteiger partial charge < -0.3 is 10.4 Å². The fourth-order valence-electron chi connectivity index (χ4n) is 1.50. The summed E-state index contributed by atoms with van der Waals surface area (Å²) >= 11 is 1.17. The van der Waals surface area contributed by atoms with Crippen LogP contribution in [-0.2, 0) is 4.79 Å². The number of hydrogen-bond acceptors (Lipinski definition) is 6. The molecule has 1 aliphatic rings. The summed E-state index contributed by atoms with van der Waals surface area (Å²) in [6.07, 6.45) is 1.63. The van der Waals surface area contributed by atoms with Gasteiger partial charge in [0.1, 0.15) is 0 Å². The van der Waals surface area contributed by atoms with Gasteiger partial charge in [0, 0.05) is 12.1 Å². The number of amides is 1. The summed E-state index contributed by atoms with van der Waals surface area (Å²) < 4.78 is 0. The number of aliphatic hydroxyl groups excluding tert-OH is 1. The number of nitro groups is 1. The molecule has 0 atom stereocenters. The van der Waals surface area contributed by atoms with E-state index in [4.69, 9.17) is 5.11 Å². The van der Waals surface area contributed by atoms with E-state index in [1.165, 1.54) is 23.9 Å². The Morgan fingerprint density at radius 1 is 1.40 bits per heavy atom. The molecule has 20 heavy (non-hydrogen) atoms. The second-order valence-electron chi connectivity index (χ2n) is 3.82. The minimum absolute atomic E-state index is 0.000809. The first kappa shape index (κ1) is 14.2. The van der Waals surface area contributed by atoms with Crippen LogP contribution in [0.15, 0.2) is 34.2 Å². The maximum atomic E-state index is 11.7. The number of amidine groups is 1. The molecule has 8 heteroatoms. The van der Waals surface area contributed by atoms with Crippen LogP contribution in [0.1, 0.15) is 5.56 Å². The van der Waals surface area contributed by atoms with Crippen molar-refractivity contribution in [3.05, 3.63) is 44.8 Å². The highest BCUT2D eigenvalue weighted by atomic mass is 32.2. The maximum absolute atomic E-state index is 11.7. The van der Waals surface area contributed by atoms with Crippen molar-refractivity contribution in [2.75, 3.05) is 13.2 Å². The summed E-state index contributed by atoms with van der Waals surface area (Å²) in [7, 11) is 0. The van der Waals surface area contributed by atoms with E-state index in [1.54, 1.807) is 18.2 Å². The molecule has 7 nitrogen and oxygen atoms in total. The smallest absolute Gasteiger partial charge is 0.269 e. The summed E-state index contributed by atoms with van der Waals surface area (Å²) in [5.41, 5.74) is 0.692. The Balaban J connectivity index is 2.14. The Hall–Kier alpha value is -2.19. The lowest BCUT2D eigenvalue weighted by Gasteiger charge is -1.95. The molecule has 0 radical (unpaired) electrons. The van der Waals surface area contributed by atoms with Gasteiger partial charge in [-0.15, -0.1) is 0 Å². The zero-order valence-corrected chi connectivity index (χ0v) is 11.1. The third-order valence-corrected chi connectivity index (χ3v) is 3.36. The predicted molar refractivity (Wildman–Crippen MR) is 76.2 cm³/mol. The number of nitrogens with one attached hydrogen (secondary N) is 1. The van der Waals surface area contributed by atoms with Crippen LogP contribution in [0.5, 0.6) is 0 Å². The molecule has 1 fully saturated rings. The largest absolute Gasteiger partial charge is 0.394 e. The Kier molecular flexibility index (Phi) is 4.49. The molecule has 0 unspecified atom stereocenters. The number of rotatable bonds is 4. The SMILES string of the molecule is O=C1NC(=NCCO)S/C1=C\c1ccc([N+](=O)[O-])cc1. The number of hydrogen-bond donors (Lipinski definition) is 2. The van der Waals surface area contributed by atoms with E-state index < -0.39 is 4.92 Å². The lowest BCUT2D eigenvalue weighted by molar-refractivity contribution is -0.384. The van der Waals surface area contributed by atoms with Gasteiger partial charge in [0.25, 0.3) is 11.6 Å². The molecular weight excluding hydrogens is 282 g/mol. The minimum atomic E-state index is -0.479. The molecule has 104 valence electrons. The number of carbonyl (C=O) groups is 1. The van der Waals surface area contributed by atoms with E-state index >= 15 is 0 Å². The molecule has 0 aromatic heterocycles. The molecule has 1 amide bonds. The summed E-state index contributed by atoms with van der Waals surface area (Å²) in [4.78, 5) is 26.2. The predicted octanol–water partition coefficient (Wildman–Crippen LogP) is 1.15. The van der Waals surface area contributed by atoms with Crippen molar-refractivity contribution in [2.24, 2.45) is 4.99 Å². The molecular formula is C12H11N3O4S. The van der Waals surface area contributed by atoms with Crippen LogP contribution in [0, 0.1) is 10.1 Å². The van der Waals surface area contributed by atoms with E-state index in [1.807, 2.05) is 0 Å². The highest BCUT2D eigenvalue weighted by Gasteiger charge is 2.23. The maximum Gasteiger partial charge on any atom is 0.269 e. The molecule has 1 saturated heterocycles. The van der Waals surface area contributed by atoms with Gasteiger partial charge in [0.2, 0.25) is 0 Å². The number of non-ortho nitro benzene ring substituents is 1. The Bertz CT molecular complexity index is 595. The van der Waals surface area contributed by atoms with Crippen LogP contribution >= 0.6 is 11.8 Å². The van der Waals surface area contributed by atoms with Crippen LogP contribution in [0.4, 0.5) is 5.69 Å². The third-order valence-electron chi connectivity index (χ3n) is 2.41. The highest BCUT2D eigenvalue weighted by molar-refractivity contribution is 8.18. The standard InChI is InChI=1S/C12H11N3O4S/c16-6-5-13-12-14-11(17)10(20-12)7-8-1-3-9(4-2-8)15(18)19/h1-4,7,16H,5-6H2,(H,13,14,17)/b10-7-. The number of carbonyl (C=O) groups excluding carboxylic acids is 1. The molecule has 1 aromatic rings. The number of nitro benzene ring substituents is 1. The molecule has 0 saturated carbocycles. The van der Waals surface area contributed by atoms with Crippen molar-refractivity contribution in [3.8, 4) is 0 Å². The van der Waals surface area contributed by atoms with Crippen LogP contribution in [0.3, 0.4) is 0 Å². The summed E-state index contributed by atoms with van der Waals surface area (Å²) in [6.45, 7) is 0.148. The van der Waals surface area contributed by atoms with Gasteiger partial charge in [-0.2, -0.15) is 0 Å². The first-order valence-electron chi connectivity index (χ1n) is 5.71. The summed E-state index contributed by atoms with van der Waals surface area (Å²) in [5.74, 6) is -0.273. The van der Waals surface area contributed by atoms with Gasteiger partial charge in [0.15, 0.2) is 5.17 Å². The average Bonchev–Trinajstić information content (AvgIpc) is 2.77. The highest BCUT2D eigenvalue weighted by Crippen LogP contribution is 2.26. The van der Waals surface area contributed by atoms with Gasteiger partial charge in [-0.05, 0) is 35.5 Å². The normalized spacial score (nSPS) is 18.6. The number of nitrogens with zero attached hydrogens (tertiary/aromatic N) is 2. The molecule has 1 aliphatic heterocycles. The fourth-order valence-corrected chi connectivity index (χ4v) is 2.34. The van der Waals surface area contributed by atoms with E-state index in [-0.39, 0.29) is 24.7 Å². The molecule has 2 rings (SSSR count). The van der Waals surface area contributed by atoms with Crippen molar-refractivity contribution in [1.82, 2.24) is 5.32 Å². The summed E-state index contributed by atoms with van der Waals surface area (Å²) in [5, 5.41) is 22.2. The number of benzene rings is 1.